The highest BCUT2D eigenvalue weighted by Crippen LogP contribution is 2.34. The van der Waals surface area contributed by atoms with E-state index in [2.05, 4.69) is 26.1 Å². The van der Waals surface area contributed by atoms with E-state index in [0.29, 0.717) is 12.1 Å². The molecule has 2 aliphatic rings. The Morgan fingerprint density at radius 2 is 1.78 bits per heavy atom. The second kappa shape index (κ2) is 6.51. The normalized spacial score (nSPS) is 42.1. The van der Waals surface area contributed by atoms with Crippen molar-refractivity contribution in [2.24, 2.45) is 17.8 Å². The van der Waals surface area contributed by atoms with Gasteiger partial charge in [0.1, 0.15) is 0 Å². The zero-order chi connectivity index (χ0) is 13.1. The first-order chi connectivity index (χ1) is 8.56. The van der Waals surface area contributed by atoms with E-state index in [-0.39, 0.29) is 0 Å². The van der Waals surface area contributed by atoms with Crippen molar-refractivity contribution in [1.29, 1.82) is 0 Å². The van der Waals surface area contributed by atoms with Crippen molar-refractivity contribution in [3.63, 3.8) is 0 Å². The third kappa shape index (κ3) is 3.80. The third-order valence-corrected chi connectivity index (χ3v) is 6.24. The second-order valence-corrected chi connectivity index (χ2v) is 8.42. The Morgan fingerprint density at radius 1 is 1.11 bits per heavy atom. The highest BCUT2D eigenvalue weighted by molar-refractivity contribution is 7.85. The summed E-state index contributed by atoms with van der Waals surface area (Å²) in [6.45, 7) is 7.12. The summed E-state index contributed by atoms with van der Waals surface area (Å²) in [7, 11) is -0.532. The van der Waals surface area contributed by atoms with E-state index in [4.69, 9.17) is 0 Å². The Kier molecular flexibility index (Phi) is 5.25. The zero-order valence-electron chi connectivity index (χ0n) is 12.2. The molecule has 3 heteroatoms. The molecule has 0 aromatic carbocycles. The Hall–Kier alpha value is 0.110. The molecule has 0 spiro atoms. The van der Waals surface area contributed by atoms with Crippen LogP contribution in [0.3, 0.4) is 0 Å². The summed E-state index contributed by atoms with van der Waals surface area (Å²) in [6, 6.07) is 1.32. The summed E-state index contributed by atoms with van der Waals surface area (Å²) in [5, 5.41) is 3.91. The molecule has 106 valence electrons. The van der Waals surface area contributed by atoms with Crippen LogP contribution in [0, 0.1) is 17.8 Å². The number of hydrogen-bond acceptors (Lipinski definition) is 2. The molecule has 1 aliphatic heterocycles. The predicted octanol–water partition coefficient (Wildman–Crippen LogP) is 2.95. The molecule has 3 unspecified atom stereocenters. The zero-order valence-corrected chi connectivity index (χ0v) is 13.0. The molecule has 1 N–H and O–H groups in total. The molecule has 3 atom stereocenters. The number of rotatable bonds is 3. The molecule has 1 aliphatic carbocycles. The van der Waals surface area contributed by atoms with Crippen LogP contribution in [0.1, 0.15) is 52.9 Å². The molecule has 2 rings (SSSR count). The van der Waals surface area contributed by atoms with Crippen LogP contribution in [-0.4, -0.2) is 27.8 Å². The molecular formula is C15H29NOS. The summed E-state index contributed by atoms with van der Waals surface area (Å²) < 4.78 is 11.4. The van der Waals surface area contributed by atoms with Gasteiger partial charge in [-0.25, -0.2) is 0 Å². The molecule has 2 nitrogen and oxygen atoms in total. The van der Waals surface area contributed by atoms with Crippen LogP contribution < -0.4 is 5.32 Å². The van der Waals surface area contributed by atoms with Gasteiger partial charge in [0.2, 0.25) is 0 Å². The van der Waals surface area contributed by atoms with E-state index in [1.807, 2.05) is 0 Å². The average Bonchev–Trinajstić information content (AvgIpc) is 2.32. The van der Waals surface area contributed by atoms with Gasteiger partial charge in [-0.2, -0.15) is 0 Å². The van der Waals surface area contributed by atoms with Gasteiger partial charge in [0.25, 0.3) is 0 Å². The van der Waals surface area contributed by atoms with Gasteiger partial charge >= 0.3 is 0 Å². The Bertz CT molecular complexity index is 282. The fourth-order valence-corrected chi connectivity index (χ4v) is 4.96. The summed E-state index contributed by atoms with van der Waals surface area (Å²) in [5.74, 6) is 4.31. The van der Waals surface area contributed by atoms with E-state index in [1.165, 1.54) is 19.3 Å². The smallest absolute Gasteiger partial charge is 0.0249 e. The minimum Gasteiger partial charge on any atom is -0.311 e. The van der Waals surface area contributed by atoms with Crippen LogP contribution in [0.5, 0.6) is 0 Å². The fourth-order valence-electron chi connectivity index (χ4n) is 3.66. The standard InChI is InChI=1S/C15H29NOS/c1-11(2)14-5-4-12(3)10-15(14)16-13-6-8-18(17)9-7-13/h11-16H,4-10H2,1-3H3. The molecule has 0 aromatic heterocycles. The Balaban J connectivity index is 1.90. The monoisotopic (exact) mass is 271 g/mol. The third-order valence-electron chi connectivity index (χ3n) is 4.86. The topological polar surface area (TPSA) is 29.1 Å². The van der Waals surface area contributed by atoms with E-state index in [9.17, 15) is 4.21 Å². The maximum atomic E-state index is 11.4. The first-order valence-electron chi connectivity index (χ1n) is 7.67. The van der Waals surface area contributed by atoms with E-state index >= 15 is 0 Å². The van der Waals surface area contributed by atoms with Gasteiger partial charge in [-0.3, -0.25) is 4.21 Å². The lowest BCUT2D eigenvalue weighted by Gasteiger charge is -2.40. The van der Waals surface area contributed by atoms with Crippen molar-refractivity contribution in [2.75, 3.05) is 11.5 Å². The van der Waals surface area contributed by atoms with Gasteiger partial charge in [-0.1, -0.05) is 27.2 Å². The number of hydrogen-bond donors (Lipinski definition) is 1. The van der Waals surface area contributed by atoms with Crippen molar-refractivity contribution < 1.29 is 4.21 Å². The van der Waals surface area contributed by atoms with Crippen molar-refractivity contribution in [3.05, 3.63) is 0 Å². The molecule has 0 amide bonds. The quantitative estimate of drug-likeness (QED) is 0.855. The van der Waals surface area contributed by atoms with E-state index < -0.39 is 10.8 Å². The van der Waals surface area contributed by atoms with E-state index in [1.54, 1.807) is 0 Å². The van der Waals surface area contributed by atoms with Crippen LogP contribution in [0.15, 0.2) is 0 Å². The van der Waals surface area contributed by atoms with E-state index in [0.717, 1.165) is 42.1 Å². The number of nitrogens with one attached hydrogen (secondary N) is 1. The largest absolute Gasteiger partial charge is 0.311 e. The lowest BCUT2D eigenvalue weighted by atomic mass is 9.73. The molecule has 18 heavy (non-hydrogen) atoms. The molecule has 0 bridgehead atoms. The molecular weight excluding hydrogens is 242 g/mol. The molecule has 1 heterocycles. The van der Waals surface area contributed by atoms with Gasteiger partial charge in [-0.05, 0) is 43.4 Å². The van der Waals surface area contributed by atoms with Crippen LogP contribution in [0.25, 0.3) is 0 Å². The molecule has 1 saturated heterocycles. The fraction of sp³-hybridized carbons (Fsp3) is 1.00. The average molecular weight is 271 g/mol. The van der Waals surface area contributed by atoms with Crippen molar-refractivity contribution in [1.82, 2.24) is 5.32 Å². The van der Waals surface area contributed by atoms with Crippen LogP contribution in [0.4, 0.5) is 0 Å². The highest BCUT2D eigenvalue weighted by Gasteiger charge is 2.32. The van der Waals surface area contributed by atoms with Crippen LogP contribution >= 0.6 is 0 Å². The minimum absolute atomic E-state index is 0.532. The lowest BCUT2D eigenvalue weighted by Crippen LogP contribution is -2.49. The summed E-state index contributed by atoms with van der Waals surface area (Å²) >= 11 is 0. The molecule has 1 saturated carbocycles. The van der Waals surface area contributed by atoms with Gasteiger partial charge in [0, 0.05) is 34.4 Å². The van der Waals surface area contributed by atoms with Crippen molar-refractivity contribution in [2.45, 2.75) is 65.0 Å². The maximum absolute atomic E-state index is 11.4. The maximum Gasteiger partial charge on any atom is 0.0249 e. The van der Waals surface area contributed by atoms with Gasteiger partial charge in [0.05, 0.1) is 0 Å². The Labute approximate surface area is 115 Å². The Morgan fingerprint density at radius 3 is 2.39 bits per heavy atom. The second-order valence-electron chi connectivity index (χ2n) is 6.72. The highest BCUT2D eigenvalue weighted by atomic mass is 32.2. The van der Waals surface area contributed by atoms with Crippen LogP contribution in [-0.2, 0) is 10.8 Å². The molecule has 2 fully saturated rings. The molecule has 0 radical (unpaired) electrons. The summed E-state index contributed by atoms with van der Waals surface area (Å²) in [4.78, 5) is 0. The lowest BCUT2D eigenvalue weighted by molar-refractivity contribution is 0.157. The summed E-state index contributed by atoms with van der Waals surface area (Å²) in [6.07, 6.45) is 6.35. The van der Waals surface area contributed by atoms with Crippen LogP contribution in [0.2, 0.25) is 0 Å². The van der Waals surface area contributed by atoms with Gasteiger partial charge in [0.15, 0.2) is 0 Å². The SMILES string of the molecule is CC1CCC(C(C)C)C(NC2CCS(=O)CC2)C1. The first-order valence-corrected chi connectivity index (χ1v) is 9.16. The predicted molar refractivity (Wildman–Crippen MR) is 79.2 cm³/mol. The van der Waals surface area contributed by atoms with Gasteiger partial charge in [-0.15, -0.1) is 0 Å². The summed E-state index contributed by atoms with van der Waals surface area (Å²) in [5.41, 5.74) is 0. The first kappa shape index (κ1) is 14.5. The van der Waals surface area contributed by atoms with Crippen molar-refractivity contribution >= 4 is 10.8 Å². The van der Waals surface area contributed by atoms with Crippen molar-refractivity contribution in [3.8, 4) is 0 Å². The molecule has 0 aromatic rings. The van der Waals surface area contributed by atoms with Gasteiger partial charge < -0.3 is 5.32 Å². The minimum atomic E-state index is -0.532.